The monoisotopic (exact) mass is 327 g/mol. The molecule has 1 fully saturated rings. The van der Waals surface area contributed by atoms with Gasteiger partial charge in [-0.25, -0.2) is 9.78 Å². The molecule has 128 valence electrons. The second-order valence-corrected chi connectivity index (χ2v) is 7.50. The average Bonchev–Trinajstić information content (AvgIpc) is 2.92. The molecule has 0 radical (unpaired) electrons. The van der Waals surface area contributed by atoms with Gasteiger partial charge in [0.15, 0.2) is 0 Å². The van der Waals surface area contributed by atoms with Crippen LogP contribution in [0.25, 0.3) is 11.0 Å². The molecule has 5 nitrogen and oxygen atoms in total. The lowest BCUT2D eigenvalue weighted by atomic mass is 9.98. The number of ether oxygens (including phenoxy) is 1. The topological polar surface area (TPSA) is 64.1 Å². The molecule has 0 unspecified atom stereocenters. The zero-order valence-electron chi connectivity index (χ0n) is 14.6. The first-order chi connectivity index (χ1) is 11.4. The molecule has 1 saturated carbocycles. The minimum Gasteiger partial charge on any atom is -0.444 e. The molecule has 3 rings (SSSR count). The van der Waals surface area contributed by atoms with Crippen molar-refractivity contribution in [1.82, 2.24) is 15.3 Å². The highest BCUT2D eigenvalue weighted by atomic mass is 16.6. The molecule has 1 aliphatic carbocycles. The first-order valence-corrected chi connectivity index (χ1v) is 8.61. The van der Waals surface area contributed by atoms with Gasteiger partial charge in [-0.2, -0.15) is 0 Å². The van der Waals surface area contributed by atoms with Gasteiger partial charge in [0.2, 0.25) is 0 Å². The third kappa shape index (κ3) is 4.22. The number of alkyl carbamates (subject to hydrolysis) is 1. The fourth-order valence-electron chi connectivity index (χ4n) is 3.29. The van der Waals surface area contributed by atoms with Crippen molar-refractivity contribution in [2.45, 2.75) is 58.1 Å². The molecule has 5 heteroatoms. The highest BCUT2D eigenvalue weighted by Gasteiger charge is 2.30. The lowest BCUT2D eigenvalue weighted by Crippen LogP contribution is -2.41. The number of hydrogen-bond acceptors (Lipinski definition) is 4. The van der Waals surface area contributed by atoms with Crippen LogP contribution in [0.15, 0.2) is 30.5 Å². The van der Waals surface area contributed by atoms with Crippen molar-refractivity contribution in [3.8, 4) is 0 Å². The first kappa shape index (κ1) is 16.7. The second kappa shape index (κ2) is 6.75. The maximum Gasteiger partial charge on any atom is 0.407 e. The van der Waals surface area contributed by atoms with Gasteiger partial charge >= 0.3 is 6.09 Å². The maximum atomic E-state index is 12.0. The first-order valence-electron chi connectivity index (χ1n) is 8.61. The van der Waals surface area contributed by atoms with Crippen molar-refractivity contribution < 1.29 is 9.53 Å². The van der Waals surface area contributed by atoms with E-state index in [0.717, 1.165) is 42.4 Å². The Labute approximate surface area is 142 Å². The van der Waals surface area contributed by atoms with Crippen LogP contribution in [-0.4, -0.2) is 27.7 Å². The lowest BCUT2D eigenvalue weighted by molar-refractivity contribution is 0.0492. The fourth-order valence-corrected chi connectivity index (χ4v) is 3.29. The van der Waals surface area contributed by atoms with Crippen molar-refractivity contribution in [2.75, 3.05) is 0 Å². The summed E-state index contributed by atoms with van der Waals surface area (Å²) < 4.78 is 5.38. The Morgan fingerprint density at radius 3 is 2.75 bits per heavy atom. The number of hydrogen-bond donors (Lipinski definition) is 1. The maximum absolute atomic E-state index is 12.0. The third-order valence-corrected chi connectivity index (χ3v) is 4.33. The Hall–Kier alpha value is -2.17. The smallest absolute Gasteiger partial charge is 0.407 e. The Bertz CT molecular complexity index is 724. The quantitative estimate of drug-likeness (QED) is 0.929. The number of aromatic nitrogens is 2. The number of amides is 1. The van der Waals surface area contributed by atoms with Crippen LogP contribution in [0.4, 0.5) is 4.79 Å². The molecule has 0 aliphatic heterocycles. The Morgan fingerprint density at radius 2 is 2.00 bits per heavy atom. The Morgan fingerprint density at radius 1 is 1.25 bits per heavy atom. The molecular formula is C19H25N3O2. The van der Waals surface area contributed by atoms with Gasteiger partial charge in [0, 0.05) is 12.2 Å². The summed E-state index contributed by atoms with van der Waals surface area (Å²) >= 11 is 0. The number of benzene rings is 1. The van der Waals surface area contributed by atoms with E-state index in [1.54, 1.807) is 0 Å². The van der Waals surface area contributed by atoms with Gasteiger partial charge < -0.3 is 10.1 Å². The third-order valence-electron chi connectivity index (χ3n) is 4.33. The number of rotatable bonds is 3. The Balaban J connectivity index is 1.65. The summed E-state index contributed by atoms with van der Waals surface area (Å²) in [6.45, 7) is 5.64. The van der Waals surface area contributed by atoms with Crippen LogP contribution in [-0.2, 0) is 11.2 Å². The standard InChI is InChI=1S/C19H25N3O2/c1-19(2,3)24-18(23)22-15-10-6-7-13(15)11-14-12-20-16-8-4-5-9-17(16)21-14/h4-5,8-9,12-13,15H,6-7,10-11H2,1-3H3,(H,22,23)/t13-,15+/m0/s1. The second-order valence-electron chi connectivity index (χ2n) is 7.50. The van der Waals surface area contributed by atoms with E-state index in [-0.39, 0.29) is 12.1 Å². The van der Waals surface area contributed by atoms with Crippen LogP contribution in [0.1, 0.15) is 45.7 Å². The van der Waals surface area contributed by atoms with E-state index in [2.05, 4.69) is 10.3 Å². The molecule has 2 atom stereocenters. The van der Waals surface area contributed by atoms with Crippen molar-refractivity contribution in [1.29, 1.82) is 0 Å². The van der Waals surface area contributed by atoms with E-state index in [1.165, 1.54) is 0 Å². The van der Waals surface area contributed by atoms with Crippen LogP contribution in [0, 0.1) is 5.92 Å². The van der Waals surface area contributed by atoms with Crippen molar-refractivity contribution in [2.24, 2.45) is 5.92 Å². The van der Waals surface area contributed by atoms with E-state index < -0.39 is 5.60 Å². The summed E-state index contributed by atoms with van der Waals surface area (Å²) in [5.74, 6) is 0.382. The number of para-hydroxylation sites is 2. The van der Waals surface area contributed by atoms with Gasteiger partial charge in [0.05, 0.1) is 16.7 Å². The molecule has 1 aliphatic rings. The van der Waals surface area contributed by atoms with Crippen molar-refractivity contribution >= 4 is 17.1 Å². The molecule has 1 heterocycles. The number of carbonyl (C=O) groups excluding carboxylic acids is 1. The van der Waals surface area contributed by atoms with Crippen LogP contribution in [0.2, 0.25) is 0 Å². The minimum absolute atomic E-state index is 0.146. The molecule has 2 aromatic rings. The van der Waals surface area contributed by atoms with Gasteiger partial charge in [-0.3, -0.25) is 4.98 Å². The highest BCUT2D eigenvalue weighted by molar-refractivity contribution is 5.73. The van der Waals surface area contributed by atoms with Gasteiger partial charge in [-0.05, 0) is 58.1 Å². The summed E-state index contributed by atoms with van der Waals surface area (Å²) in [5, 5.41) is 3.03. The molecule has 0 saturated heterocycles. The zero-order chi connectivity index (χ0) is 17.2. The highest BCUT2D eigenvalue weighted by Crippen LogP contribution is 2.29. The number of fused-ring (bicyclic) bond motifs is 1. The molecule has 0 bridgehead atoms. The zero-order valence-corrected chi connectivity index (χ0v) is 14.6. The van der Waals surface area contributed by atoms with E-state index in [1.807, 2.05) is 51.2 Å². The summed E-state index contributed by atoms with van der Waals surface area (Å²) in [4.78, 5) is 21.2. The normalized spacial score (nSPS) is 21.0. The van der Waals surface area contributed by atoms with Crippen molar-refractivity contribution in [3.05, 3.63) is 36.2 Å². The molecule has 1 N–H and O–H groups in total. The molecule has 0 spiro atoms. The number of carbonyl (C=O) groups is 1. The van der Waals surface area contributed by atoms with Gasteiger partial charge in [0.25, 0.3) is 0 Å². The van der Waals surface area contributed by atoms with Crippen LogP contribution < -0.4 is 5.32 Å². The van der Waals surface area contributed by atoms with E-state index in [0.29, 0.717) is 5.92 Å². The molecule has 24 heavy (non-hydrogen) atoms. The van der Waals surface area contributed by atoms with Crippen LogP contribution in [0.3, 0.4) is 0 Å². The Kier molecular flexibility index (Phi) is 4.69. The predicted octanol–water partition coefficient (Wildman–Crippen LogP) is 3.87. The van der Waals surface area contributed by atoms with E-state index >= 15 is 0 Å². The minimum atomic E-state index is -0.470. The lowest BCUT2D eigenvalue weighted by Gasteiger charge is -2.24. The van der Waals surface area contributed by atoms with Gasteiger partial charge in [-0.1, -0.05) is 18.6 Å². The van der Waals surface area contributed by atoms with E-state index in [9.17, 15) is 4.79 Å². The predicted molar refractivity (Wildman–Crippen MR) is 93.7 cm³/mol. The largest absolute Gasteiger partial charge is 0.444 e. The average molecular weight is 327 g/mol. The van der Waals surface area contributed by atoms with Gasteiger partial charge in [-0.15, -0.1) is 0 Å². The summed E-state index contributed by atoms with van der Waals surface area (Å²) in [6, 6.07) is 8.04. The van der Waals surface area contributed by atoms with Crippen molar-refractivity contribution in [3.63, 3.8) is 0 Å². The number of nitrogens with zero attached hydrogens (tertiary/aromatic N) is 2. The molecule has 1 aromatic heterocycles. The summed E-state index contributed by atoms with van der Waals surface area (Å²) in [5.41, 5.74) is 2.35. The van der Waals surface area contributed by atoms with E-state index in [4.69, 9.17) is 9.72 Å². The number of nitrogens with one attached hydrogen (secondary N) is 1. The summed E-state index contributed by atoms with van der Waals surface area (Å²) in [6.07, 6.45) is 5.55. The van der Waals surface area contributed by atoms with Crippen LogP contribution in [0.5, 0.6) is 0 Å². The molecule has 1 amide bonds. The molecular weight excluding hydrogens is 302 g/mol. The molecule has 1 aromatic carbocycles. The summed E-state index contributed by atoms with van der Waals surface area (Å²) in [7, 11) is 0. The van der Waals surface area contributed by atoms with Gasteiger partial charge in [0.1, 0.15) is 5.60 Å². The van der Waals surface area contributed by atoms with Crippen LogP contribution >= 0.6 is 0 Å². The fraction of sp³-hybridized carbons (Fsp3) is 0.526. The SMILES string of the molecule is CC(C)(C)OC(=O)N[C@@H]1CCC[C@H]1Cc1cnc2ccccc2n1.